The Morgan fingerprint density at radius 2 is 1.81 bits per heavy atom. The Bertz CT molecular complexity index is 381. The average Bonchev–Trinajstić information content (AvgIpc) is 2.23. The third kappa shape index (κ3) is 4.26. The summed E-state index contributed by atoms with van der Waals surface area (Å²) in [6.07, 6.45) is 0.00399. The van der Waals surface area contributed by atoms with E-state index in [0.717, 1.165) is 11.1 Å². The highest BCUT2D eigenvalue weighted by Gasteiger charge is 2.06. The Morgan fingerprint density at radius 1 is 1.25 bits per heavy atom. The molecule has 3 nitrogen and oxygen atoms in total. The first kappa shape index (κ1) is 14.4. The zero-order chi connectivity index (χ0) is 12.7. The normalized spacial score (nSPS) is 9.00. The van der Waals surface area contributed by atoms with E-state index in [1.807, 2.05) is 20.8 Å². The maximum atomic E-state index is 11.0. The highest BCUT2D eigenvalue weighted by atomic mass is 16.4. The molecule has 0 spiro atoms. The Labute approximate surface area is 96.1 Å². The number of carboxylic acids is 1. The summed E-state index contributed by atoms with van der Waals surface area (Å²) >= 11 is 0. The SMILES string of the molecule is CC.CC(=O)c1ccc(CC(=O)O)c(C)c1. The van der Waals surface area contributed by atoms with E-state index in [2.05, 4.69) is 0 Å². The molecule has 0 saturated carbocycles. The number of carbonyl (C=O) groups excluding carboxylic acids is 1. The van der Waals surface area contributed by atoms with Gasteiger partial charge >= 0.3 is 5.97 Å². The van der Waals surface area contributed by atoms with Crippen LogP contribution < -0.4 is 0 Å². The van der Waals surface area contributed by atoms with E-state index in [1.54, 1.807) is 18.2 Å². The summed E-state index contributed by atoms with van der Waals surface area (Å²) < 4.78 is 0. The Balaban J connectivity index is 0.00000106. The van der Waals surface area contributed by atoms with Crippen molar-refractivity contribution in [1.82, 2.24) is 0 Å². The summed E-state index contributed by atoms with van der Waals surface area (Å²) in [7, 11) is 0. The molecule has 1 aromatic rings. The Kier molecular flexibility index (Phi) is 6.08. The van der Waals surface area contributed by atoms with Gasteiger partial charge in [0.2, 0.25) is 0 Å². The van der Waals surface area contributed by atoms with Crippen molar-refractivity contribution in [2.75, 3.05) is 0 Å². The van der Waals surface area contributed by atoms with E-state index in [1.165, 1.54) is 6.92 Å². The largest absolute Gasteiger partial charge is 0.481 e. The molecule has 1 N–H and O–H groups in total. The van der Waals surface area contributed by atoms with Gasteiger partial charge in [-0.05, 0) is 31.0 Å². The van der Waals surface area contributed by atoms with Gasteiger partial charge in [-0.15, -0.1) is 0 Å². The Hall–Kier alpha value is -1.64. The minimum atomic E-state index is -0.858. The fraction of sp³-hybridized carbons (Fsp3) is 0.385. The van der Waals surface area contributed by atoms with Gasteiger partial charge in [0.25, 0.3) is 0 Å². The molecule has 1 aromatic carbocycles. The molecule has 88 valence electrons. The molecule has 1 rings (SSSR count). The molecule has 16 heavy (non-hydrogen) atoms. The first-order chi connectivity index (χ1) is 7.50. The number of Topliss-reactive ketones (excluding diaryl/α,β-unsaturated/α-hetero) is 1. The molecule has 3 heteroatoms. The van der Waals surface area contributed by atoms with Crippen molar-refractivity contribution in [2.24, 2.45) is 0 Å². The number of hydrogen-bond donors (Lipinski definition) is 1. The second kappa shape index (κ2) is 6.77. The van der Waals surface area contributed by atoms with Crippen molar-refractivity contribution >= 4 is 11.8 Å². The lowest BCUT2D eigenvalue weighted by Gasteiger charge is -2.04. The van der Waals surface area contributed by atoms with Gasteiger partial charge in [0.1, 0.15) is 0 Å². The van der Waals surface area contributed by atoms with Gasteiger partial charge in [0.05, 0.1) is 6.42 Å². The zero-order valence-electron chi connectivity index (χ0n) is 10.2. The summed E-state index contributed by atoms with van der Waals surface area (Å²) in [5.74, 6) is -0.862. The van der Waals surface area contributed by atoms with E-state index in [0.29, 0.717) is 5.56 Å². The zero-order valence-corrected chi connectivity index (χ0v) is 10.2. The first-order valence-electron chi connectivity index (χ1n) is 5.33. The van der Waals surface area contributed by atoms with E-state index in [-0.39, 0.29) is 12.2 Å². The Morgan fingerprint density at radius 3 is 2.19 bits per heavy atom. The van der Waals surface area contributed by atoms with E-state index in [9.17, 15) is 9.59 Å². The quantitative estimate of drug-likeness (QED) is 0.800. The lowest BCUT2D eigenvalue weighted by Crippen LogP contribution is -2.03. The number of ketones is 1. The van der Waals surface area contributed by atoms with Crippen LogP contribution in [-0.2, 0) is 11.2 Å². The van der Waals surface area contributed by atoms with Crippen LogP contribution in [0, 0.1) is 6.92 Å². The summed E-state index contributed by atoms with van der Waals surface area (Å²) in [4.78, 5) is 21.5. The van der Waals surface area contributed by atoms with Gasteiger partial charge in [-0.1, -0.05) is 26.0 Å². The molecule has 0 bridgehead atoms. The van der Waals surface area contributed by atoms with E-state index < -0.39 is 5.97 Å². The molecular weight excluding hydrogens is 204 g/mol. The van der Waals surface area contributed by atoms with Gasteiger partial charge in [-0.25, -0.2) is 0 Å². The van der Waals surface area contributed by atoms with Crippen LogP contribution in [0.3, 0.4) is 0 Å². The van der Waals surface area contributed by atoms with Crippen LogP contribution in [0.4, 0.5) is 0 Å². The topological polar surface area (TPSA) is 54.4 Å². The maximum Gasteiger partial charge on any atom is 0.307 e. The lowest BCUT2D eigenvalue weighted by atomic mass is 10.0. The molecule has 0 aliphatic rings. The van der Waals surface area contributed by atoms with Crippen LogP contribution >= 0.6 is 0 Å². The van der Waals surface area contributed by atoms with Crippen LogP contribution in [-0.4, -0.2) is 16.9 Å². The standard InChI is InChI=1S/C11H12O3.C2H6/c1-7-5-10(8(2)12)4-3-9(7)6-11(13)14;1-2/h3-5H,6H2,1-2H3,(H,13,14);1-2H3. The maximum absolute atomic E-state index is 11.0. The van der Waals surface area contributed by atoms with Gasteiger partial charge in [-0.3, -0.25) is 9.59 Å². The smallest absolute Gasteiger partial charge is 0.307 e. The molecule has 0 fully saturated rings. The molecule has 0 saturated heterocycles. The van der Waals surface area contributed by atoms with Crippen molar-refractivity contribution in [1.29, 1.82) is 0 Å². The minimum absolute atomic E-state index is 0.00399. The van der Waals surface area contributed by atoms with E-state index in [4.69, 9.17) is 5.11 Å². The van der Waals surface area contributed by atoms with Gasteiger partial charge in [-0.2, -0.15) is 0 Å². The number of aliphatic carboxylic acids is 1. The van der Waals surface area contributed by atoms with Crippen LogP contribution in [0.1, 0.15) is 42.3 Å². The second-order valence-corrected chi connectivity index (χ2v) is 3.27. The summed E-state index contributed by atoms with van der Waals surface area (Å²) in [5.41, 5.74) is 2.22. The van der Waals surface area contributed by atoms with Crippen LogP contribution in [0.25, 0.3) is 0 Å². The fourth-order valence-corrected chi connectivity index (χ4v) is 1.28. The highest BCUT2D eigenvalue weighted by molar-refractivity contribution is 5.94. The van der Waals surface area contributed by atoms with Crippen LogP contribution in [0.5, 0.6) is 0 Å². The molecule has 0 aromatic heterocycles. The number of aryl methyl sites for hydroxylation is 1. The number of hydrogen-bond acceptors (Lipinski definition) is 2. The summed E-state index contributed by atoms with van der Waals surface area (Å²) in [5, 5.41) is 8.60. The predicted octanol–water partition coefficient (Wildman–Crippen LogP) is 2.85. The molecule has 0 aliphatic heterocycles. The van der Waals surface area contributed by atoms with Crippen molar-refractivity contribution in [2.45, 2.75) is 34.1 Å². The first-order valence-corrected chi connectivity index (χ1v) is 5.33. The van der Waals surface area contributed by atoms with Crippen molar-refractivity contribution in [3.05, 3.63) is 34.9 Å². The average molecular weight is 222 g/mol. The van der Waals surface area contributed by atoms with Crippen LogP contribution in [0.15, 0.2) is 18.2 Å². The predicted molar refractivity (Wildman–Crippen MR) is 63.9 cm³/mol. The third-order valence-electron chi connectivity index (χ3n) is 2.09. The van der Waals surface area contributed by atoms with E-state index >= 15 is 0 Å². The molecular formula is C13H18O3. The molecule has 0 atom stereocenters. The number of carboxylic acid groups (broad SMARTS) is 1. The summed E-state index contributed by atoms with van der Waals surface area (Å²) in [6, 6.07) is 5.08. The molecule has 0 aliphatic carbocycles. The highest BCUT2D eigenvalue weighted by Crippen LogP contribution is 2.12. The number of benzene rings is 1. The van der Waals surface area contributed by atoms with Crippen LogP contribution in [0.2, 0.25) is 0 Å². The van der Waals surface area contributed by atoms with Crippen molar-refractivity contribution in [3.8, 4) is 0 Å². The van der Waals surface area contributed by atoms with Gasteiger partial charge in [0, 0.05) is 5.56 Å². The third-order valence-corrected chi connectivity index (χ3v) is 2.09. The minimum Gasteiger partial charge on any atom is -0.481 e. The molecule has 0 radical (unpaired) electrons. The lowest BCUT2D eigenvalue weighted by molar-refractivity contribution is -0.136. The van der Waals surface area contributed by atoms with Crippen molar-refractivity contribution < 1.29 is 14.7 Å². The monoisotopic (exact) mass is 222 g/mol. The molecule has 0 unspecified atom stereocenters. The second-order valence-electron chi connectivity index (χ2n) is 3.27. The van der Waals surface area contributed by atoms with Crippen molar-refractivity contribution in [3.63, 3.8) is 0 Å². The number of rotatable bonds is 3. The summed E-state index contributed by atoms with van der Waals surface area (Å²) in [6.45, 7) is 7.30. The number of carbonyl (C=O) groups is 2. The molecule has 0 amide bonds. The fourth-order valence-electron chi connectivity index (χ4n) is 1.28. The van der Waals surface area contributed by atoms with Gasteiger partial charge < -0.3 is 5.11 Å². The molecule has 0 heterocycles. The van der Waals surface area contributed by atoms with Gasteiger partial charge in [0.15, 0.2) is 5.78 Å².